The van der Waals surface area contributed by atoms with Gasteiger partial charge in [0.1, 0.15) is 0 Å². The van der Waals surface area contributed by atoms with E-state index in [0.29, 0.717) is 11.5 Å². The van der Waals surface area contributed by atoms with Gasteiger partial charge in [0, 0.05) is 5.56 Å². The van der Waals surface area contributed by atoms with Gasteiger partial charge in [-0.05, 0) is 34.7 Å². The molecule has 2 N–H and O–H groups in total. The van der Waals surface area contributed by atoms with Crippen LogP contribution < -0.4 is 5.73 Å². The molecule has 18 heavy (non-hydrogen) atoms. The summed E-state index contributed by atoms with van der Waals surface area (Å²) in [4.78, 5) is 11.0. The van der Waals surface area contributed by atoms with Crippen molar-refractivity contribution in [3.05, 3.63) is 59.7 Å². The van der Waals surface area contributed by atoms with Crippen molar-refractivity contribution >= 4 is 5.91 Å². The molecule has 0 spiro atoms. The van der Waals surface area contributed by atoms with Crippen LogP contribution in [-0.2, 0) is 0 Å². The van der Waals surface area contributed by atoms with Gasteiger partial charge in [0.2, 0.25) is 5.91 Å². The van der Waals surface area contributed by atoms with E-state index in [1.54, 1.807) is 12.1 Å². The lowest BCUT2D eigenvalue weighted by Gasteiger charge is -2.12. The quantitative estimate of drug-likeness (QED) is 0.874. The van der Waals surface area contributed by atoms with Crippen molar-refractivity contribution in [3.8, 4) is 11.1 Å². The molecule has 0 heterocycles. The number of hydrogen-bond donors (Lipinski definition) is 1. The lowest BCUT2D eigenvalue weighted by Crippen LogP contribution is -2.10. The minimum Gasteiger partial charge on any atom is -0.366 e. The first-order chi connectivity index (χ1) is 8.59. The smallest absolute Gasteiger partial charge is 0.248 e. The molecule has 0 fully saturated rings. The third-order valence-electron chi connectivity index (χ3n) is 3.06. The summed E-state index contributed by atoms with van der Waals surface area (Å²) in [6.45, 7) is 4.35. The van der Waals surface area contributed by atoms with Crippen molar-refractivity contribution in [2.24, 2.45) is 5.73 Å². The third kappa shape index (κ3) is 2.43. The lowest BCUT2D eigenvalue weighted by atomic mass is 9.92. The Morgan fingerprint density at radius 2 is 1.61 bits per heavy atom. The van der Waals surface area contributed by atoms with Crippen molar-refractivity contribution < 1.29 is 4.79 Å². The first kappa shape index (κ1) is 12.4. The lowest BCUT2D eigenvalue weighted by molar-refractivity contribution is 0.100. The van der Waals surface area contributed by atoms with Crippen molar-refractivity contribution in [1.29, 1.82) is 0 Å². The van der Waals surface area contributed by atoms with Crippen LogP contribution in [0.3, 0.4) is 0 Å². The van der Waals surface area contributed by atoms with Gasteiger partial charge in [-0.2, -0.15) is 0 Å². The summed E-state index contributed by atoms with van der Waals surface area (Å²) in [7, 11) is 0. The zero-order chi connectivity index (χ0) is 13.1. The van der Waals surface area contributed by atoms with E-state index in [2.05, 4.69) is 32.0 Å². The Hall–Kier alpha value is -2.09. The second-order valence-corrected chi connectivity index (χ2v) is 4.68. The van der Waals surface area contributed by atoms with Crippen molar-refractivity contribution in [2.75, 3.05) is 0 Å². The monoisotopic (exact) mass is 239 g/mol. The summed E-state index contributed by atoms with van der Waals surface area (Å²) < 4.78 is 0. The number of carbonyl (C=O) groups is 1. The third-order valence-corrected chi connectivity index (χ3v) is 3.06. The van der Waals surface area contributed by atoms with Crippen LogP contribution in [0.2, 0.25) is 0 Å². The predicted octanol–water partition coefficient (Wildman–Crippen LogP) is 3.58. The maximum Gasteiger partial charge on any atom is 0.248 e. The molecule has 0 aliphatic heterocycles. The highest BCUT2D eigenvalue weighted by atomic mass is 16.1. The highest BCUT2D eigenvalue weighted by molar-refractivity contribution is 5.93. The molecule has 0 aliphatic carbocycles. The van der Waals surface area contributed by atoms with Crippen LogP contribution in [0.4, 0.5) is 0 Å². The molecule has 92 valence electrons. The van der Waals surface area contributed by atoms with E-state index >= 15 is 0 Å². The molecule has 0 aliphatic rings. The molecule has 2 heteroatoms. The van der Waals surface area contributed by atoms with Gasteiger partial charge in [0.15, 0.2) is 0 Å². The van der Waals surface area contributed by atoms with Crippen LogP contribution in [-0.4, -0.2) is 5.91 Å². The number of nitrogens with two attached hydrogens (primary N) is 1. The molecule has 0 atom stereocenters. The highest BCUT2D eigenvalue weighted by Crippen LogP contribution is 2.29. The molecule has 0 bridgehead atoms. The number of benzene rings is 2. The maximum absolute atomic E-state index is 11.0. The van der Waals surface area contributed by atoms with Gasteiger partial charge in [-0.25, -0.2) is 0 Å². The first-order valence-corrected chi connectivity index (χ1v) is 6.08. The largest absolute Gasteiger partial charge is 0.366 e. The Kier molecular flexibility index (Phi) is 3.47. The minimum atomic E-state index is -0.390. The molecule has 0 saturated heterocycles. The van der Waals surface area contributed by atoms with Gasteiger partial charge in [0.25, 0.3) is 0 Å². The van der Waals surface area contributed by atoms with Gasteiger partial charge < -0.3 is 5.73 Å². The molecule has 0 aromatic heterocycles. The second kappa shape index (κ2) is 5.05. The van der Waals surface area contributed by atoms with E-state index < -0.39 is 5.91 Å². The van der Waals surface area contributed by atoms with Gasteiger partial charge in [-0.3, -0.25) is 4.79 Å². The molecule has 0 unspecified atom stereocenters. The second-order valence-electron chi connectivity index (χ2n) is 4.68. The van der Waals surface area contributed by atoms with Gasteiger partial charge >= 0.3 is 0 Å². The molecule has 0 radical (unpaired) electrons. The summed E-state index contributed by atoms with van der Waals surface area (Å²) in [5.41, 5.74) is 9.42. The Labute approximate surface area is 107 Å². The topological polar surface area (TPSA) is 43.1 Å². The van der Waals surface area contributed by atoms with Crippen molar-refractivity contribution in [1.82, 2.24) is 0 Å². The molecule has 0 saturated carbocycles. The normalized spacial score (nSPS) is 10.6. The molecule has 2 nitrogen and oxygen atoms in total. The Morgan fingerprint density at radius 3 is 2.17 bits per heavy atom. The first-order valence-electron chi connectivity index (χ1n) is 6.08. The molecule has 2 aromatic rings. The summed E-state index contributed by atoms with van der Waals surface area (Å²) >= 11 is 0. The van der Waals surface area contributed by atoms with E-state index in [9.17, 15) is 4.79 Å². The predicted molar refractivity (Wildman–Crippen MR) is 74.5 cm³/mol. The SMILES string of the molecule is CC(C)c1ccccc1-c1ccc(C(N)=O)cc1. The standard InChI is InChI=1S/C16H17NO/c1-11(2)14-5-3-4-6-15(14)12-7-9-13(10-8-12)16(17)18/h3-11H,1-2H3,(H2,17,18). The average molecular weight is 239 g/mol. The number of amides is 1. The zero-order valence-electron chi connectivity index (χ0n) is 10.7. The zero-order valence-corrected chi connectivity index (χ0v) is 10.7. The fourth-order valence-corrected chi connectivity index (χ4v) is 2.08. The molecular weight excluding hydrogens is 222 g/mol. The van der Waals surface area contributed by atoms with Gasteiger partial charge in [-0.1, -0.05) is 50.2 Å². The van der Waals surface area contributed by atoms with E-state index in [-0.39, 0.29) is 0 Å². The molecule has 2 rings (SSSR count). The summed E-state index contributed by atoms with van der Waals surface area (Å²) in [5, 5.41) is 0. The van der Waals surface area contributed by atoms with Crippen LogP contribution in [0.15, 0.2) is 48.5 Å². The van der Waals surface area contributed by atoms with E-state index in [1.807, 2.05) is 18.2 Å². The number of carbonyl (C=O) groups excluding carboxylic acids is 1. The highest BCUT2D eigenvalue weighted by Gasteiger charge is 2.08. The van der Waals surface area contributed by atoms with E-state index in [1.165, 1.54) is 11.1 Å². The fraction of sp³-hybridized carbons (Fsp3) is 0.188. The Bertz CT molecular complexity index is 556. The van der Waals surface area contributed by atoms with Crippen LogP contribution in [0, 0.1) is 0 Å². The maximum atomic E-state index is 11.0. The van der Waals surface area contributed by atoms with Crippen LogP contribution in [0.5, 0.6) is 0 Å². The average Bonchev–Trinajstić information content (AvgIpc) is 2.39. The number of primary amides is 1. The number of rotatable bonds is 3. The Balaban J connectivity index is 2.46. The minimum absolute atomic E-state index is 0.390. The summed E-state index contributed by atoms with van der Waals surface area (Å²) in [5.74, 6) is 0.0794. The molecular formula is C16H17NO. The fourth-order valence-electron chi connectivity index (χ4n) is 2.08. The van der Waals surface area contributed by atoms with E-state index in [4.69, 9.17) is 5.73 Å². The van der Waals surface area contributed by atoms with Crippen molar-refractivity contribution in [2.45, 2.75) is 19.8 Å². The van der Waals surface area contributed by atoms with Gasteiger partial charge in [0.05, 0.1) is 0 Å². The summed E-state index contributed by atoms with van der Waals surface area (Å²) in [6.07, 6.45) is 0. The van der Waals surface area contributed by atoms with E-state index in [0.717, 1.165) is 5.56 Å². The van der Waals surface area contributed by atoms with Gasteiger partial charge in [-0.15, -0.1) is 0 Å². The number of hydrogen-bond acceptors (Lipinski definition) is 1. The van der Waals surface area contributed by atoms with Crippen molar-refractivity contribution in [3.63, 3.8) is 0 Å². The molecule has 1 amide bonds. The Morgan fingerprint density at radius 1 is 1.00 bits per heavy atom. The van der Waals surface area contributed by atoms with Crippen LogP contribution in [0.25, 0.3) is 11.1 Å². The summed E-state index contributed by atoms with van der Waals surface area (Å²) in [6, 6.07) is 15.8. The van der Waals surface area contributed by atoms with Crippen LogP contribution >= 0.6 is 0 Å². The molecule has 2 aromatic carbocycles. The van der Waals surface area contributed by atoms with Crippen LogP contribution in [0.1, 0.15) is 35.7 Å².